The van der Waals surface area contributed by atoms with Crippen LogP contribution in [-0.4, -0.2) is 19.9 Å². The summed E-state index contributed by atoms with van der Waals surface area (Å²) in [5, 5.41) is 17.0. The Morgan fingerprint density at radius 1 is 0.909 bits per heavy atom. The summed E-state index contributed by atoms with van der Waals surface area (Å²) in [7, 11) is 0. The molecule has 0 unspecified atom stereocenters. The number of rotatable bonds is 2. The van der Waals surface area contributed by atoms with Gasteiger partial charge in [-0.2, -0.15) is 13.2 Å². The summed E-state index contributed by atoms with van der Waals surface area (Å²) in [4.78, 5) is 0. The van der Waals surface area contributed by atoms with E-state index < -0.39 is 11.7 Å². The van der Waals surface area contributed by atoms with Crippen molar-refractivity contribution in [2.45, 2.75) is 6.18 Å². The number of hydrogen-bond donors (Lipinski definition) is 1. The third kappa shape index (κ3) is 2.65. The fourth-order valence-electron chi connectivity index (χ4n) is 2.04. The highest BCUT2D eigenvalue weighted by Crippen LogP contribution is 2.31. The van der Waals surface area contributed by atoms with Crippen LogP contribution in [0.5, 0.6) is 5.75 Å². The van der Waals surface area contributed by atoms with Crippen LogP contribution in [0.15, 0.2) is 54.9 Å². The van der Waals surface area contributed by atoms with Crippen molar-refractivity contribution in [1.29, 1.82) is 0 Å². The van der Waals surface area contributed by atoms with Crippen molar-refractivity contribution < 1.29 is 18.3 Å². The fraction of sp³-hybridized carbons (Fsp3) is 0.0667. The van der Waals surface area contributed by atoms with Crippen LogP contribution in [0.2, 0.25) is 0 Å². The Kier molecular flexibility index (Phi) is 3.32. The second-order valence-corrected chi connectivity index (χ2v) is 4.62. The van der Waals surface area contributed by atoms with E-state index in [4.69, 9.17) is 0 Å². The van der Waals surface area contributed by atoms with E-state index in [-0.39, 0.29) is 5.75 Å². The predicted octanol–water partition coefficient (Wildman–Crippen LogP) is 3.66. The number of nitrogens with zero attached hydrogens (tertiary/aromatic N) is 3. The molecule has 7 heteroatoms. The maximum Gasteiger partial charge on any atom is 0.416 e. The molecule has 0 atom stereocenters. The monoisotopic (exact) mass is 305 g/mol. The van der Waals surface area contributed by atoms with Crippen LogP contribution in [-0.2, 0) is 6.18 Å². The number of aromatic nitrogens is 3. The highest BCUT2D eigenvalue weighted by molar-refractivity contribution is 5.58. The molecule has 0 amide bonds. The second-order valence-electron chi connectivity index (χ2n) is 4.62. The van der Waals surface area contributed by atoms with E-state index in [0.717, 1.165) is 12.1 Å². The minimum absolute atomic E-state index is 0.118. The van der Waals surface area contributed by atoms with Gasteiger partial charge in [-0.15, -0.1) is 10.2 Å². The van der Waals surface area contributed by atoms with Gasteiger partial charge in [0.25, 0.3) is 0 Å². The van der Waals surface area contributed by atoms with Crippen molar-refractivity contribution in [2.75, 3.05) is 0 Å². The molecule has 1 aromatic heterocycles. The second kappa shape index (κ2) is 5.18. The van der Waals surface area contributed by atoms with Gasteiger partial charge in [0.2, 0.25) is 0 Å². The molecular formula is C15H10F3N3O. The van der Waals surface area contributed by atoms with E-state index in [9.17, 15) is 18.3 Å². The van der Waals surface area contributed by atoms with Gasteiger partial charge in [0, 0.05) is 11.3 Å². The van der Waals surface area contributed by atoms with E-state index >= 15 is 0 Å². The first-order chi connectivity index (χ1) is 10.4. The molecule has 112 valence electrons. The Labute approximate surface area is 123 Å². The van der Waals surface area contributed by atoms with Crippen molar-refractivity contribution in [2.24, 2.45) is 0 Å². The van der Waals surface area contributed by atoms with E-state index in [1.807, 2.05) is 0 Å². The smallest absolute Gasteiger partial charge is 0.416 e. The molecular weight excluding hydrogens is 295 g/mol. The Morgan fingerprint density at radius 2 is 1.55 bits per heavy atom. The topological polar surface area (TPSA) is 50.9 Å². The lowest BCUT2D eigenvalue weighted by atomic mass is 10.1. The van der Waals surface area contributed by atoms with Crippen LogP contribution in [0.3, 0.4) is 0 Å². The molecule has 2 aromatic carbocycles. The van der Waals surface area contributed by atoms with Crippen LogP contribution in [0.1, 0.15) is 5.56 Å². The summed E-state index contributed by atoms with van der Waals surface area (Å²) in [5.41, 5.74) is 0.489. The largest absolute Gasteiger partial charge is 0.508 e. The molecule has 4 nitrogen and oxygen atoms in total. The Balaban J connectivity index is 2.00. The van der Waals surface area contributed by atoms with E-state index in [1.165, 1.54) is 30.6 Å². The highest BCUT2D eigenvalue weighted by atomic mass is 19.4. The SMILES string of the molecule is Oc1ccc(-n2cnnc2-c2ccc(C(F)(F)F)cc2)cc1. The molecule has 0 saturated carbocycles. The molecule has 1 N–H and O–H groups in total. The first-order valence-electron chi connectivity index (χ1n) is 6.32. The zero-order chi connectivity index (χ0) is 15.7. The standard InChI is InChI=1S/C15H10F3N3O/c16-15(17,18)11-3-1-10(2-4-11)14-20-19-9-21(14)12-5-7-13(22)8-6-12/h1-9,22H. The molecule has 0 aliphatic rings. The number of phenols is 1. The maximum atomic E-state index is 12.6. The lowest BCUT2D eigenvalue weighted by molar-refractivity contribution is -0.137. The lowest BCUT2D eigenvalue weighted by Gasteiger charge is -2.09. The quantitative estimate of drug-likeness (QED) is 0.786. The van der Waals surface area contributed by atoms with Gasteiger partial charge in [0.1, 0.15) is 12.1 Å². The maximum absolute atomic E-state index is 12.6. The molecule has 3 aromatic rings. The van der Waals surface area contributed by atoms with Crippen LogP contribution >= 0.6 is 0 Å². The van der Waals surface area contributed by atoms with Crippen molar-refractivity contribution in [3.8, 4) is 22.8 Å². The van der Waals surface area contributed by atoms with E-state index in [1.54, 1.807) is 16.7 Å². The van der Waals surface area contributed by atoms with Gasteiger partial charge in [0.05, 0.1) is 5.56 Å². The Morgan fingerprint density at radius 3 is 2.14 bits per heavy atom. The average Bonchev–Trinajstić information content (AvgIpc) is 2.97. The normalized spacial score (nSPS) is 11.6. The number of alkyl halides is 3. The summed E-state index contributed by atoms with van der Waals surface area (Å²) in [6, 6.07) is 11.0. The molecule has 0 bridgehead atoms. The molecule has 3 rings (SSSR count). The van der Waals surface area contributed by atoms with Crippen molar-refractivity contribution in [1.82, 2.24) is 14.8 Å². The summed E-state index contributed by atoms with van der Waals surface area (Å²) in [5.74, 6) is 0.535. The van der Waals surface area contributed by atoms with Crippen LogP contribution in [0.25, 0.3) is 17.1 Å². The highest BCUT2D eigenvalue weighted by Gasteiger charge is 2.30. The van der Waals surface area contributed by atoms with Crippen LogP contribution < -0.4 is 0 Å². The summed E-state index contributed by atoms with van der Waals surface area (Å²) in [6.07, 6.45) is -2.91. The lowest BCUT2D eigenvalue weighted by Crippen LogP contribution is -2.04. The summed E-state index contributed by atoms with van der Waals surface area (Å²) < 4.78 is 39.4. The van der Waals surface area contributed by atoms with Crippen LogP contribution in [0.4, 0.5) is 13.2 Å². The van der Waals surface area contributed by atoms with Crippen molar-refractivity contribution >= 4 is 0 Å². The van der Waals surface area contributed by atoms with E-state index in [2.05, 4.69) is 10.2 Å². The zero-order valence-corrected chi connectivity index (χ0v) is 11.1. The van der Waals surface area contributed by atoms with Crippen molar-refractivity contribution in [3.63, 3.8) is 0 Å². The van der Waals surface area contributed by atoms with Gasteiger partial charge in [-0.1, -0.05) is 12.1 Å². The number of benzene rings is 2. The number of aromatic hydroxyl groups is 1. The first kappa shape index (κ1) is 14.1. The zero-order valence-electron chi connectivity index (χ0n) is 11.1. The molecule has 0 spiro atoms. The minimum atomic E-state index is -4.37. The van der Waals surface area contributed by atoms with Gasteiger partial charge in [-0.05, 0) is 36.4 Å². The molecule has 0 aliphatic carbocycles. The van der Waals surface area contributed by atoms with E-state index in [0.29, 0.717) is 17.1 Å². The summed E-state index contributed by atoms with van der Waals surface area (Å²) in [6.45, 7) is 0. The molecule has 22 heavy (non-hydrogen) atoms. The van der Waals surface area contributed by atoms with Gasteiger partial charge in [0.15, 0.2) is 5.82 Å². The van der Waals surface area contributed by atoms with Gasteiger partial charge < -0.3 is 5.11 Å². The molecule has 0 aliphatic heterocycles. The molecule has 1 heterocycles. The third-order valence-corrected chi connectivity index (χ3v) is 3.15. The predicted molar refractivity (Wildman–Crippen MR) is 73.5 cm³/mol. The number of phenolic OH excluding ortho intramolecular Hbond substituents is 1. The van der Waals surface area contributed by atoms with Crippen LogP contribution in [0, 0.1) is 0 Å². The number of halogens is 3. The van der Waals surface area contributed by atoms with Crippen molar-refractivity contribution in [3.05, 3.63) is 60.4 Å². The van der Waals surface area contributed by atoms with Gasteiger partial charge in [-0.25, -0.2) is 0 Å². The fourth-order valence-corrected chi connectivity index (χ4v) is 2.04. The third-order valence-electron chi connectivity index (χ3n) is 3.15. The Hall–Kier alpha value is -2.83. The molecule has 0 saturated heterocycles. The molecule has 0 radical (unpaired) electrons. The Bertz CT molecular complexity index is 777. The van der Waals surface area contributed by atoms with Gasteiger partial charge in [-0.3, -0.25) is 4.57 Å². The minimum Gasteiger partial charge on any atom is -0.508 e. The first-order valence-corrected chi connectivity index (χ1v) is 6.32. The van der Waals surface area contributed by atoms with Gasteiger partial charge >= 0.3 is 6.18 Å². The average molecular weight is 305 g/mol. The summed E-state index contributed by atoms with van der Waals surface area (Å²) >= 11 is 0. The number of hydrogen-bond acceptors (Lipinski definition) is 3. The molecule has 0 fully saturated rings.